The summed E-state index contributed by atoms with van der Waals surface area (Å²) in [6.07, 6.45) is 0. The summed E-state index contributed by atoms with van der Waals surface area (Å²) in [6.45, 7) is 4.04. The second-order valence-corrected chi connectivity index (χ2v) is 3.89. The van der Waals surface area contributed by atoms with Crippen LogP contribution < -0.4 is 15.8 Å². The van der Waals surface area contributed by atoms with Gasteiger partial charge in [-0.1, -0.05) is 17.7 Å². The molecule has 0 amide bonds. The van der Waals surface area contributed by atoms with Crippen molar-refractivity contribution in [2.45, 2.75) is 0 Å². The van der Waals surface area contributed by atoms with E-state index in [9.17, 15) is 0 Å². The first-order chi connectivity index (χ1) is 8.33. The Bertz CT molecular complexity index is 310. The minimum atomic E-state index is 0.525. The summed E-state index contributed by atoms with van der Waals surface area (Å²) in [7, 11) is 0. The number of rotatable bonds is 9. The maximum absolute atomic E-state index is 5.83. The quantitative estimate of drug-likeness (QED) is 0.656. The highest BCUT2D eigenvalue weighted by atomic mass is 35.5. The zero-order chi connectivity index (χ0) is 12.3. The van der Waals surface area contributed by atoms with Crippen LogP contribution in [0.25, 0.3) is 0 Å². The van der Waals surface area contributed by atoms with Gasteiger partial charge in [-0.3, -0.25) is 0 Å². The molecule has 0 aliphatic heterocycles. The SMILES string of the molecule is NCCNCCOCCOc1cccc(Cl)c1. The van der Waals surface area contributed by atoms with Crippen LogP contribution in [0.3, 0.4) is 0 Å². The summed E-state index contributed by atoms with van der Waals surface area (Å²) < 4.78 is 10.8. The lowest BCUT2D eigenvalue weighted by Gasteiger charge is -2.07. The summed E-state index contributed by atoms with van der Waals surface area (Å²) >= 11 is 5.83. The number of halogens is 1. The number of nitrogens with two attached hydrogens (primary N) is 1. The fourth-order valence-corrected chi connectivity index (χ4v) is 1.43. The third kappa shape index (κ3) is 7.18. The van der Waals surface area contributed by atoms with Crippen molar-refractivity contribution in [3.8, 4) is 5.75 Å². The van der Waals surface area contributed by atoms with Crippen LogP contribution in [0.5, 0.6) is 5.75 Å². The number of nitrogens with one attached hydrogen (secondary N) is 1. The Morgan fingerprint density at radius 3 is 2.82 bits per heavy atom. The molecule has 0 fully saturated rings. The van der Waals surface area contributed by atoms with Crippen LogP contribution in [0.2, 0.25) is 5.02 Å². The van der Waals surface area contributed by atoms with E-state index in [1.54, 1.807) is 6.07 Å². The zero-order valence-electron chi connectivity index (χ0n) is 9.82. The lowest BCUT2D eigenvalue weighted by atomic mass is 10.3. The molecular formula is C12H19ClN2O2. The predicted molar refractivity (Wildman–Crippen MR) is 69.7 cm³/mol. The molecule has 0 saturated carbocycles. The van der Waals surface area contributed by atoms with Gasteiger partial charge in [0, 0.05) is 24.7 Å². The van der Waals surface area contributed by atoms with E-state index in [-0.39, 0.29) is 0 Å². The van der Waals surface area contributed by atoms with E-state index in [1.165, 1.54) is 0 Å². The van der Waals surface area contributed by atoms with E-state index in [4.69, 9.17) is 26.8 Å². The molecule has 0 saturated heterocycles. The molecule has 4 nitrogen and oxygen atoms in total. The van der Waals surface area contributed by atoms with E-state index in [0.29, 0.717) is 31.4 Å². The van der Waals surface area contributed by atoms with Gasteiger partial charge in [0.05, 0.1) is 13.2 Å². The Morgan fingerprint density at radius 1 is 1.18 bits per heavy atom. The maximum atomic E-state index is 5.83. The van der Waals surface area contributed by atoms with Crippen molar-refractivity contribution in [3.63, 3.8) is 0 Å². The molecule has 0 heterocycles. The van der Waals surface area contributed by atoms with Gasteiger partial charge in [-0.2, -0.15) is 0 Å². The third-order valence-electron chi connectivity index (χ3n) is 2.04. The van der Waals surface area contributed by atoms with Crippen LogP contribution in [-0.2, 0) is 4.74 Å². The molecular weight excluding hydrogens is 240 g/mol. The van der Waals surface area contributed by atoms with E-state index in [0.717, 1.165) is 18.8 Å². The fraction of sp³-hybridized carbons (Fsp3) is 0.500. The normalized spacial score (nSPS) is 10.5. The van der Waals surface area contributed by atoms with Crippen LogP contribution in [0.4, 0.5) is 0 Å². The van der Waals surface area contributed by atoms with Crippen molar-refractivity contribution in [1.82, 2.24) is 5.32 Å². The third-order valence-corrected chi connectivity index (χ3v) is 2.27. The van der Waals surface area contributed by atoms with E-state index in [1.807, 2.05) is 18.2 Å². The molecule has 0 unspecified atom stereocenters. The van der Waals surface area contributed by atoms with Crippen LogP contribution >= 0.6 is 11.6 Å². The van der Waals surface area contributed by atoms with Gasteiger partial charge in [0.2, 0.25) is 0 Å². The van der Waals surface area contributed by atoms with Gasteiger partial charge in [-0.25, -0.2) is 0 Å². The molecule has 5 heteroatoms. The molecule has 96 valence electrons. The Labute approximate surface area is 107 Å². The van der Waals surface area contributed by atoms with Crippen molar-refractivity contribution >= 4 is 11.6 Å². The highest BCUT2D eigenvalue weighted by Gasteiger charge is 1.94. The van der Waals surface area contributed by atoms with E-state index < -0.39 is 0 Å². The van der Waals surface area contributed by atoms with E-state index >= 15 is 0 Å². The standard InChI is InChI=1S/C12H19ClN2O2/c13-11-2-1-3-12(10-11)17-9-8-16-7-6-15-5-4-14/h1-3,10,15H,4-9,14H2. The molecule has 3 N–H and O–H groups in total. The van der Waals surface area contributed by atoms with Gasteiger partial charge in [0.25, 0.3) is 0 Å². The number of hydrogen-bond donors (Lipinski definition) is 2. The molecule has 1 rings (SSSR count). The Kier molecular flexibility index (Phi) is 7.75. The molecule has 1 aromatic rings. The average Bonchev–Trinajstić information content (AvgIpc) is 2.33. The lowest BCUT2D eigenvalue weighted by Crippen LogP contribution is -2.26. The average molecular weight is 259 g/mol. The van der Waals surface area contributed by atoms with Crippen molar-refractivity contribution in [1.29, 1.82) is 0 Å². The van der Waals surface area contributed by atoms with Gasteiger partial charge in [0.1, 0.15) is 12.4 Å². The van der Waals surface area contributed by atoms with Gasteiger partial charge in [-0.15, -0.1) is 0 Å². The topological polar surface area (TPSA) is 56.5 Å². The second-order valence-electron chi connectivity index (χ2n) is 3.46. The highest BCUT2D eigenvalue weighted by molar-refractivity contribution is 6.30. The van der Waals surface area contributed by atoms with Crippen LogP contribution in [0.15, 0.2) is 24.3 Å². The first-order valence-electron chi connectivity index (χ1n) is 5.70. The molecule has 0 radical (unpaired) electrons. The number of hydrogen-bond acceptors (Lipinski definition) is 4. The molecule has 17 heavy (non-hydrogen) atoms. The summed E-state index contributed by atoms with van der Waals surface area (Å²) in [5.41, 5.74) is 5.33. The lowest BCUT2D eigenvalue weighted by molar-refractivity contribution is 0.102. The summed E-state index contributed by atoms with van der Waals surface area (Å²) in [5.74, 6) is 0.766. The molecule has 0 aliphatic carbocycles. The van der Waals surface area contributed by atoms with Crippen LogP contribution in [-0.4, -0.2) is 39.5 Å². The van der Waals surface area contributed by atoms with Crippen molar-refractivity contribution in [2.24, 2.45) is 5.73 Å². The second kappa shape index (κ2) is 9.24. The Balaban J connectivity index is 1.97. The summed E-state index contributed by atoms with van der Waals surface area (Å²) in [5, 5.41) is 3.82. The first-order valence-corrected chi connectivity index (χ1v) is 6.07. The number of benzene rings is 1. The van der Waals surface area contributed by atoms with Gasteiger partial charge in [0.15, 0.2) is 0 Å². The summed E-state index contributed by atoms with van der Waals surface area (Å²) in [4.78, 5) is 0. The molecule has 1 aromatic carbocycles. The monoisotopic (exact) mass is 258 g/mol. The smallest absolute Gasteiger partial charge is 0.120 e. The molecule has 0 bridgehead atoms. The Morgan fingerprint density at radius 2 is 2.06 bits per heavy atom. The number of ether oxygens (including phenoxy) is 2. The van der Waals surface area contributed by atoms with Crippen molar-refractivity contribution < 1.29 is 9.47 Å². The maximum Gasteiger partial charge on any atom is 0.120 e. The summed E-state index contributed by atoms with van der Waals surface area (Å²) in [6, 6.07) is 7.32. The minimum absolute atomic E-state index is 0.525. The van der Waals surface area contributed by atoms with Gasteiger partial charge in [-0.05, 0) is 18.2 Å². The largest absolute Gasteiger partial charge is 0.491 e. The zero-order valence-corrected chi connectivity index (χ0v) is 10.6. The highest BCUT2D eigenvalue weighted by Crippen LogP contribution is 2.16. The van der Waals surface area contributed by atoms with Gasteiger partial charge >= 0.3 is 0 Å². The Hall–Kier alpha value is -0.810. The van der Waals surface area contributed by atoms with Crippen LogP contribution in [0, 0.1) is 0 Å². The predicted octanol–water partition coefficient (Wildman–Crippen LogP) is 1.28. The first kappa shape index (κ1) is 14.3. The van der Waals surface area contributed by atoms with E-state index in [2.05, 4.69) is 5.32 Å². The molecule has 0 atom stereocenters. The van der Waals surface area contributed by atoms with Gasteiger partial charge < -0.3 is 20.5 Å². The minimum Gasteiger partial charge on any atom is -0.491 e. The van der Waals surface area contributed by atoms with Crippen molar-refractivity contribution in [3.05, 3.63) is 29.3 Å². The fourth-order valence-electron chi connectivity index (χ4n) is 1.25. The van der Waals surface area contributed by atoms with Crippen LogP contribution in [0.1, 0.15) is 0 Å². The molecule has 0 aliphatic rings. The molecule has 0 aromatic heterocycles. The van der Waals surface area contributed by atoms with Crippen molar-refractivity contribution in [2.75, 3.05) is 39.5 Å². The molecule has 0 spiro atoms.